The molecule has 0 radical (unpaired) electrons. The molecular formula is C15H20BrN5. The maximum atomic E-state index is 5.54. The number of nitrogens with zero attached hydrogens (tertiary/aromatic N) is 2. The van der Waals surface area contributed by atoms with E-state index in [1.54, 1.807) is 0 Å². The van der Waals surface area contributed by atoms with Crippen molar-refractivity contribution in [2.24, 2.45) is 5.84 Å². The van der Waals surface area contributed by atoms with Crippen LogP contribution in [-0.2, 0) is 13.0 Å². The number of rotatable bonds is 6. The number of benzene rings is 1. The Morgan fingerprint density at radius 2 is 1.90 bits per heavy atom. The van der Waals surface area contributed by atoms with Crippen molar-refractivity contribution >= 4 is 27.6 Å². The van der Waals surface area contributed by atoms with Crippen LogP contribution in [0.5, 0.6) is 0 Å². The van der Waals surface area contributed by atoms with Gasteiger partial charge in [-0.15, -0.1) is 0 Å². The van der Waals surface area contributed by atoms with E-state index in [0.717, 1.165) is 34.5 Å². The molecule has 1 aromatic carbocycles. The predicted octanol–water partition coefficient (Wildman–Crippen LogP) is 3.40. The first-order chi connectivity index (χ1) is 10.2. The monoisotopic (exact) mass is 349 g/mol. The van der Waals surface area contributed by atoms with Crippen LogP contribution >= 0.6 is 15.9 Å². The molecule has 2 rings (SSSR count). The largest absolute Gasteiger partial charge is 0.366 e. The molecule has 1 aromatic heterocycles. The van der Waals surface area contributed by atoms with Gasteiger partial charge >= 0.3 is 0 Å². The minimum absolute atomic E-state index is 0.670. The molecule has 0 saturated heterocycles. The molecule has 21 heavy (non-hydrogen) atoms. The molecule has 0 aliphatic carbocycles. The lowest BCUT2D eigenvalue weighted by molar-refractivity contribution is 0.830. The van der Waals surface area contributed by atoms with Gasteiger partial charge in [-0.1, -0.05) is 41.1 Å². The maximum Gasteiger partial charge on any atom is 0.148 e. The zero-order valence-electron chi connectivity index (χ0n) is 12.3. The molecule has 0 saturated carbocycles. The van der Waals surface area contributed by atoms with Gasteiger partial charge in [0.2, 0.25) is 0 Å². The number of aromatic nitrogens is 2. The number of nitrogens with one attached hydrogen (secondary N) is 2. The van der Waals surface area contributed by atoms with Gasteiger partial charge in [0.05, 0.1) is 0 Å². The van der Waals surface area contributed by atoms with Gasteiger partial charge in [-0.3, -0.25) is 0 Å². The van der Waals surface area contributed by atoms with Gasteiger partial charge in [-0.05, 0) is 25.0 Å². The fourth-order valence-electron chi connectivity index (χ4n) is 2.03. The van der Waals surface area contributed by atoms with Crippen molar-refractivity contribution in [1.82, 2.24) is 9.97 Å². The third kappa shape index (κ3) is 3.92. The van der Waals surface area contributed by atoms with Crippen molar-refractivity contribution in [3.8, 4) is 0 Å². The highest BCUT2D eigenvalue weighted by Gasteiger charge is 2.10. The molecule has 112 valence electrons. The SMILES string of the molecule is CCCc1nc(NN)c(C)c(NCc2ccccc2Br)n1. The third-order valence-electron chi connectivity index (χ3n) is 3.21. The lowest BCUT2D eigenvalue weighted by Gasteiger charge is -2.14. The molecule has 6 heteroatoms. The zero-order chi connectivity index (χ0) is 15.2. The van der Waals surface area contributed by atoms with E-state index < -0.39 is 0 Å². The normalized spacial score (nSPS) is 10.5. The highest BCUT2D eigenvalue weighted by Crippen LogP contribution is 2.22. The van der Waals surface area contributed by atoms with E-state index in [2.05, 4.69) is 49.6 Å². The van der Waals surface area contributed by atoms with Gasteiger partial charge in [0, 0.05) is 23.0 Å². The van der Waals surface area contributed by atoms with E-state index in [1.165, 1.54) is 5.56 Å². The number of hydrogen-bond donors (Lipinski definition) is 3. The fourth-order valence-corrected chi connectivity index (χ4v) is 2.46. The van der Waals surface area contributed by atoms with Crippen molar-refractivity contribution in [3.05, 3.63) is 45.7 Å². The van der Waals surface area contributed by atoms with Gasteiger partial charge in [0.15, 0.2) is 0 Å². The summed E-state index contributed by atoms with van der Waals surface area (Å²) in [5.41, 5.74) is 4.74. The summed E-state index contributed by atoms with van der Waals surface area (Å²) in [7, 11) is 0. The minimum Gasteiger partial charge on any atom is -0.366 e. The predicted molar refractivity (Wildman–Crippen MR) is 90.0 cm³/mol. The summed E-state index contributed by atoms with van der Waals surface area (Å²) in [6.07, 6.45) is 1.83. The van der Waals surface area contributed by atoms with Crippen LogP contribution in [-0.4, -0.2) is 9.97 Å². The second kappa shape index (κ2) is 7.38. The van der Waals surface area contributed by atoms with Crippen LogP contribution in [0.25, 0.3) is 0 Å². The third-order valence-corrected chi connectivity index (χ3v) is 3.98. The van der Waals surface area contributed by atoms with Gasteiger partial charge < -0.3 is 10.7 Å². The van der Waals surface area contributed by atoms with E-state index in [-0.39, 0.29) is 0 Å². The Labute approximate surface area is 133 Å². The van der Waals surface area contributed by atoms with Crippen molar-refractivity contribution in [3.63, 3.8) is 0 Å². The highest BCUT2D eigenvalue weighted by atomic mass is 79.9. The topological polar surface area (TPSA) is 75.9 Å². The highest BCUT2D eigenvalue weighted by molar-refractivity contribution is 9.10. The smallest absolute Gasteiger partial charge is 0.148 e. The number of nitrogens with two attached hydrogens (primary N) is 1. The standard InChI is InChI=1S/C15H20BrN5/c1-3-6-13-19-14(10(2)15(20-13)21-17)18-9-11-7-4-5-8-12(11)16/h4-5,7-8H,3,6,9,17H2,1-2H3,(H2,18,19,20,21). The van der Waals surface area contributed by atoms with E-state index in [9.17, 15) is 0 Å². The average Bonchev–Trinajstić information content (AvgIpc) is 2.49. The first-order valence-electron chi connectivity index (χ1n) is 6.97. The molecule has 0 spiro atoms. The van der Waals surface area contributed by atoms with E-state index in [0.29, 0.717) is 12.4 Å². The Hall–Kier alpha value is -1.66. The molecule has 4 N–H and O–H groups in total. The van der Waals surface area contributed by atoms with Crippen molar-refractivity contribution < 1.29 is 0 Å². The van der Waals surface area contributed by atoms with E-state index in [4.69, 9.17) is 5.84 Å². The first kappa shape index (κ1) is 15.7. The molecule has 1 heterocycles. The molecule has 0 bridgehead atoms. The second-order valence-electron chi connectivity index (χ2n) is 4.80. The molecule has 0 amide bonds. The number of halogens is 1. The van der Waals surface area contributed by atoms with Crippen LogP contribution in [0.4, 0.5) is 11.6 Å². The van der Waals surface area contributed by atoms with Crippen LogP contribution in [0.1, 0.15) is 30.3 Å². The van der Waals surface area contributed by atoms with Crippen molar-refractivity contribution in [2.45, 2.75) is 33.2 Å². The molecule has 2 aromatic rings. The quantitative estimate of drug-likeness (QED) is 0.550. The number of aryl methyl sites for hydroxylation is 1. The van der Waals surface area contributed by atoms with Crippen molar-refractivity contribution in [1.29, 1.82) is 0 Å². The Morgan fingerprint density at radius 1 is 1.19 bits per heavy atom. The second-order valence-corrected chi connectivity index (χ2v) is 5.66. The van der Waals surface area contributed by atoms with Gasteiger partial charge in [0.1, 0.15) is 17.5 Å². The van der Waals surface area contributed by atoms with Gasteiger partial charge in [-0.25, -0.2) is 15.8 Å². The lowest BCUT2D eigenvalue weighted by Crippen LogP contribution is -2.15. The van der Waals surface area contributed by atoms with Crippen LogP contribution in [0.3, 0.4) is 0 Å². The summed E-state index contributed by atoms with van der Waals surface area (Å²) in [6, 6.07) is 8.12. The molecular weight excluding hydrogens is 330 g/mol. The molecule has 0 atom stereocenters. The maximum absolute atomic E-state index is 5.54. The minimum atomic E-state index is 0.670. The van der Waals surface area contributed by atoms with Crippen LogP contribution < -0.4 is 16.6 Å². The molecule has 0 aliphatic heterocycles. The van der Waals surface area contributed by atoms with Gasteiger partial charge in [0.25, 0.3) is 0 Å². The Kier molecular flexibility index (Phi) is 5.52. The first-order valence-corrected chi connectivity index (χ1v) is 7.76. The Morgan fingerprint density at radius 3 is 2.57 bits per heavy atom. The van der Waals surface area contributed by atoms with E-state index >= 15 is 0 Å². The summed E-state index contributed by atoms with van der Waals surface area (Å²) in [5.74, 6) is 7.82. The molecule has 0 unspecified atom stereocenters. The lowest BCUT2D eigenvalue weighted by atomic mass is 10.2. The van der Waals surface area contributed by atoms with Crippen LogP contribution in [0, 0.1) is 6.92 Å². The number of nitrogen functional groups attached to an aromatic ring is 1. The van der Waals surface area contributed by atoms with Crippen LogP contribution in [0.15, 0.2) is 28.7 Å². The summed E-state index contributed by atoms with van der Waals surface area (Å²) in [5, 5.41) is 3.37. The Bertz CT molecular complexity index is 615. The number of hydrogen-bond acceptors (Lipinski definition) is 5. The van der Waals surface area contributed by atoms with Crippen molar-refractivity contribution in [2.75, 3.05) is 10.7 Å². The molecule has 0 aliphatic rings. The summed E-state index contributed by atoms with van der Waals surface area (Å²) in [4.78, 5) is 9.00. The summed E-state index contributed by atoms with van der Waals surface area (Å²) >= 11 is 3.55. The molecule has 5 nitrogen and oxygen atoms in total. The Balaban J connectivity index is 2.22. The fraction of sp³-hybridized carbons (Fsp3) is 0.333. The van der Waals surface area contributed by atoms with Gasteiger partial charge in [-0.2, -0.15) is 0 Å². The zero-order valence-corrected chi connectivity index (χ0v) is 13.9. The summed E-state index contributed by atoms with van der Waals surface area (Å²) < 4.78 is 1.08. The summed E-state index contributed by atoms with van der Waals surface area (Å²) in [6.45, 7) is 4.75. The average molecular weight is 350 g/mol. The van der Waals surface area contributed by atoms with E-state index in [1.807, 2.05) is 25.1 Å². The number of hydrazine groups is 1. The van der Waals surface area contributed by atoms with Crippen LogP contribution in [0.2, 0.25) is 0 Å². The molecule has 0 fully saturated rings. The number of anilines is 2.